The Hall–Kier alpha value is -1.01. The Morgan fingerprint density at radius 1 is 1.10 bits per heavy atom. The molecule has 2 atom stereocenters. The first-order valence-corrected chi connectivity index (χ1v) is 7.37. The van der Waals surface area contributed by atoms with E-state index in [2.05, 4.69) is 11.8 Å². The maximum Gasteiger partial charge on any atom is 0.123 e. The van der Waals surface area contributed by atoms with Crippen LogP contribution >= 0.6 is 0 Å². The molecule has 0 saturated carbocycles. The van der Waals surface area contributed by atoms with Crippen molar-refractivity contribution in [2.45, 2.75) is 25.4 Å². The lowest BCUT2D eigenvalue weighted by Crippen LogP contribution is -2.43. The van der Waals surface area contributed by atoms with Crippen molar-refractivity contribution in [3.8, 4) is 0 Å². The number of hydrogen-bond acceptors (Lipinski definition) is 4. The van der Waals surface area contributed by atoms with Crippen LogP contribution in [-0.2, 0) is 9.47 Å². The highest BCUT2D eigenvalue weighted by atomic mass is 19.1. The first-order chi connectivity index (χ1) is 10.1. The molecular weight excluding hydrogens is 271 g/mol. The van der Waals surface area contributed by atoms with Gasteiger partial charge < -0.3 is 15.2 Å². The number of halogens is 1. The Morgan fingerprint density at radius 2 is 1.62 bits per heavy atom. The van der Waals surface area contributed by atoms with E-state index >= 15 is 0 Å². The summed E-state index contributed by atoms with van der Waals surface area (Å²) in [6, 6.07) is 6.58. The molecule has 2 N–H and O–H groups in total. The van der Waals surface area contributed by atoms with Gasteiger partial charge in [0.15, 0.2) is 0 Å². The average Bonchev–Trinajstić information content (AvgIpc) is 2.51. The Kier molecular flexibility index (Phi) is 8.45. The molecule has 4 nitrogen and oxygen atoms in total. The van der Waals surface area contributed by atoms with Crippen molar-refractivity contribution in [3.05, 3.63) is 35.6 Å². The van der Waals surface area contributed by atoms with Gasteiger partial charge in [-0.05, 0) is 24.1 Å². The molecule has 1 rings (SSSR count). The predicted molar refractivity (Wildman–Crippen MR) is 82.7 cm³/mol. The highest BCUT2D eigenvalue weighted by Gasteiger charge is 2.25. The molecular formula is C16H27FN2O2. The standard InChI is InChI=1S/C16H27FN2O2/c1-4-15(18)16(13-5-7-14(17)8-6-13)19(9-11-20-2)10-12-21-3/h5-8,15-16H,4,9-12,18H2,1-3H3. The molecule has 0 aliphatic rings. The fraction of sp³-hybridized carbons (Fsp3) is 0.625. The molecule has 120 valence electrons. The van der Waals surface area contributed by atoms with Crippen LogP contribution in [0, 0.1) is 5.82 Å². The second kappa shape index (κ2) is 9.84. The van der Waals surface area contributed by atoms with Crippen LogP contribution in [0.2, 0.25) is 0 Å². The molecule has 0 fully saturated rings. The van der Waals surface area contributed by atoms with Gasteiger partial charge in [-0.2, -0.15) is 0 Å². The second-order valence-corrected chi connectivity index (χ2v) is 5.09. The molecule has 0 radical (unpaired) electrons. The van der Waals surface area contributed by atoms with Gasteiger partial charge >= 0.3 is 0 Å². The zero-order valence-corrected chi connectivity index (χ0v) is 13.2. The van der Waals surface area contributed by atoms with Gasteiger partial charge in [0.05, 0.1) is 19.3 Å². The van der Waals surface area contributed by atoms with Crippen molar-refractivity contribution in [2.75, 3.05) is 40.5 Å². The molecule has 0 saturated heterocycles. The van der Waals surface area contributed by atoms with Gasteiger partial charge in [-0.3, -0.25) is 4.90 Å². The number of methoxy groups -OCH3 is 2. The molecule has 0 amide bonds. The van der Waals surface area contributed by atoms with Crippen LogP contribution in [0.1, 0.15) is 24.9 Å². The third-order valence-electron chi connectivity index (χ3n) is 3.65. The summed E-state index contributed by atoms with van der Waals surface area (Å²) in [6.07, 6.45) is 0.846. The molecule has 1 aromatic carbocycles. The second-order valence-electron chi connectivity index (χ2n) is 5.09. The normalized spacial score (nSPS) is 14.4. The minimum absolute atomic E-state index is 0.0239. The van der Waals surface area contributed by atoms with Gasteiger partial charge in [0.1, 0.15) is 5.82 Å². The number of benzene rings is 1. The molecule has 0 aliphatic carbocycles. The summed E-state index contributed by atoms with van der Waals surface area (Å²) in [7, 11) is 3.36. The number of hydrogen-bond donors (Lipinski definition) is 1. The third kappa shape index (κ3) is 5.71. The van der Waals surface area contributed by atoms with Gasteiger partial charge in [-0.25, -0.2) is 4.39 Å². The molecule has 0 spiro atoms. The molecule has 0 heterocycles. The monoisotopic (exact) mass is 298 g/mol. The topological polar surface area (TPSA) is 47.7 Å². The maximum absolute atomic E-state index is 13.2. The molecule has 0 aliphatic heterocycles. The lowest BCUT2D eigenvalue weighted by molar-refractivity contribution is 0.0775. The van der Waals surface area contributed by atoms with E-state index in [1.165, 1.54) is 12.1 Å². The molecule has 0 bridgehead atoms. The smallest absolute Gasteiger partial charge is 0.123 e. The predicted octanol–water partition coefficient (Wildman–Crippen LogP) is 2.20. The minimum atomic E-state index is -0.233. The third-order valence-corrected chi connectivity index (χ3v) is 3.65. The van der Waals surface area contributed by atoms with Crippen molar-refractivity contribution in [1.29, 1.82) is 0 Å². The highest BCUT2D eigenvalue weighted by molar-refractivity contribution is 5.21. The van der Waals surface area contributed by atoms with E-state index in [4.69, 9.17) is 15.2 Å². The van der Waals surface area contributed by atoms with E-state index < -0.39 is 0 Å². The summed E-state index contributed by atoms with van der Waals surface area (Å²) < 4.78 is 23.5. The largest absolute Gasteiger partial charge is 0.383 e. The van der Waals surface area contributed by atoms with Crippen molar-refractivity contribution >= 4 is 0 Å². The summed E-state index contributed by atoms with van der Waals surface area (Å²) in [5.41, 5.74) is 7.34. The minimum Gasteiger partial charge on any atom is -0.383 e. The van der Waals surface area contributed by atoms with Crippen LogP contribution in [0.25, 0.3) is 0 Å². The van der Waals surface area contributed by atoms with E-state index in [9.17, 15) is 4.39 Å². The van der Waals surface area contributed by atoms with Crippen molar-refractivity contribution < 1.29 is 13.9 Å². The van der Waals surface area contributed by atoms with Crippen LogP contribution < -0.4 is 5.73 Å². The maximum atomic E-state index is 13.2. The SMILES string of the molecule is CCC(N)C(c1ccc(F)cc1)N(CCOC)CCOC. The van der Waals surface area contributed by atoms with E-state index in [1.54, 1.807) is 14.2 Å². The van der Waals surface area contributed by atoms with Crippen molar-refractivity contribution in [2.24, 2.45) is 5.73 Å². The molecule has 1 aromatic rings. The van der Waals surface area contributed by atoms with E-state index in [0.717, 1.165) is 25.1 Å². The quantitative estimate of drug-likeness (QED) is 0.719. The van der Waals surface area contributed by atoms with Crippen LogP contribution in [0.5, 0.6) is 0 Å². The van der Waals surface area contributed by atoms with Gasteiger partial charge in [0.25, 0.3) is 0 Å². The average molecular weight is 298 g/mol. The van der Waals surface area contributed by atoms with Crippen LogP contribution in [0.4, 0.5) is 4.39 Å². The Labute approximate surface area is 127 Å². The Bertz CT molecular complexity index is 378. The summed E-state index contributed by atoms with van der Waals surface area (Å²) >= 11 is 0. The Morgan fingerprint density at radius 3 is 2.05 bits per heavy atom. The van der Waals surface area contributed by atoms with Gasteiger partial charge in [-0.1, -0.05) is 19.1 Å². The number of nitrogens with two attached hydrogens (primary N) is 1. The first kappa shape index (κ1) is 18.0. The summed E-state index contributed by atoms with van der Waals surface area (Å²) in [6.45, 7) is 4.83. The molecule has 21 heavy (non-hydrogen) atoms. The number of ether oxygens (including phenoxy) is 2. The summed E-state index contributed by atoms with van der Waals surface area (Å²) in [4.78, 5) is 2.24. The fourth-order valence-corrected chi connectivity index (χ4v) is 2.42. The van der Waals surface area contributed by atoms with Crippen LogP contribution in [0.15, 0.2) is 24.3 Å². The highest BCUT2D eigenvalue weighted by Crippen LogP contribution is 2.25. The zero-order chi connectivity index (χ0) is 15.7. The molecule has 0 aromatic heterocycles. The van der Waals surface area contributed by atoms with Gasteiger partial charge in [-0.15, -0.1) is 0 Å². The van der Waals surface area contributed by atoms with E-state index in [1.807, 2.05) is 12.1 Å². The van der Waals surface area contributed by atoms with Crippen molar-refractivity contribution in [1.82, 2.24) is 4.90 Å². The lowest BCUT2D eigenvalue weighted by Gasteiger charge is -2.35. The number of rotatable bonds is 10. The Balaban J connectivity index is 2.97. The molecule has 5 heteroatoms. The van der Waals surface area contributed by atoms with Gasteiger partial charge in [0.2, 0.25) is 0 Å². The van der Waals surface area contributed by atoms with Crippen LogP contribution in [-0.4, -0.2) is 51.5 Å². The zero-order valence-electron chi connectivity index (χ0n) is 13.2. The van der Waals surface area contributed by atoms with Crippen LogP contribution in [0.3, 0.4) is 0 Å². The summed E-state index contributed by atoms with van der Waals surface area (Å²) in [5.74, 6) is -0.233. The van der Waals surface area contributed by atoms with E-state index in [-0.39, 0.29) is 17.9 Å². The van der Waals surface area contributed by atoms with E-state index in [0.29, 0.717) is 13.2 Å². The fourth-order valence-electron chi connectivity index (χ4n) is 2.42. The number of nitrogens with zero attached hydrogens (tertiary/aromatic N) is 1. The van der Waals surface area contributed by atoms with Gasteiger partial charge in [0, 0.05) is 33.4 Å². The van der Waals surface area contributed by atoms with Crippen molar-refractivity contribution in [3.63, 3.8) is 0 Å². The first-order valence-electron chi connectivity index (χ1n) is 7.37. The lowest BCUT2D eigenvalue weighted by atomic mass is 9.96. The summed E-state index contributed by atoms with van der Waals surface area (Å²) in [5, 5.41) is 0. The molecule has 2 unspecified atom stereocenters.